The molecular weight excluding hydrogens is 356 g/mol. The van der Waals surface area contributed by atoms with E-state index in [0.717, 1.165) is 28.9 Å². The summed E-state index contributed by atoms with van der Waals surface area (Å²) >= 11 is 0. The van der Waals surface area contributed by atoms with Crippen molar-refractivity contribution < 1.29 is 18.8 Å². The van der Waals surface area contributed by atoms with Crippen LogP contribution < -0.4 is 14.8 Å². The molecule has 1 aromatic heterocycles. The van der Waals surface area contributed by atoms with Gasteiger partial charge in [-0.1, -0.05) is 48.0 Å². The van der Waals surface area contributed by atoms with Crippen LogP contribution in [0.25, 0.3) is 11.3 Å². The first kappa shape index (κ1) is 18.1. The number of hydrogen-bond acceptors (Lipinski definition) is 5. The van der Waals surface area contributed by atoms with Gasteiger partial charge in [0, 0.05) is 11.6 Å². The number of aryl methyl sites for hydroxylation is 1. The summed E-state index contributed by atoms with van der Waals surface area (Å²) in [6.07, 6.45) is 0.727. The van der Waals surface area contributed by atoms with Gasteiger partial charge in [-0.3, -0.25) is 4.79 Å². The van der Waals surface area contributed by atoms with Gasteiger partial charge in [-0.25, -0.2) is 0 Å². The number of carbonyl (C=O) groups excluding carboxylic acids is 1. The number of amides is 1. The van der Waals surface area contributed by atoms with Crippen molar-refractivity contribution in [1.82, 2.24) is 10.5 Å². The van der Waals surface area contributed by atoms with Crippen LogP contribution in [-0.2, 0) is 0 Å². The second-order valence-electron chi connectivity index (χ2n) is 6.78. The maximum Gasteiger partial charge on any atom is 0.290 e. The zero-order valence-electron chi connectivity index (χ0n) is 15.9. The second kappa shape index (κ2) is 7.76. The van der Waals surface area contributed by atoms with Crippen molar-refractivity contribution in [3.8, 4) is 22.8 Å². The maximum absolute atomic E-state index is 12.7. The molecule has 1 unspecified atom stereocenters. The van der Waals surface area contributed by atoms with Crippen molar-refractivity contribution in [3.63, 3.8) is 0 Å². The summed E-state index contributed by atoms with van der Waals surface area (Å²) in [7, 11) is 0. The van der Waals surface area contributed by atoms with Gasteiger partial charge in [0.25, 0.3) is 5.91 Å². The molecule has 6 nitrogen and oxygen atoms in total. The van der Waals surface area contributed by atoms with Crippen molar-refractivity contribution in [2.75, 3.05) is 13.2 Å². The number of aromatic nitrogens is 1. The minimum atomic E-state index is -0.299. The lowest BCUT2D eigenvalue weighted by atomic mass is 10.0. The van der Waals surface area contributed by atoms with Crippen molar-refractivity contribution in [2.24, 2.45) is 0 Å². The van der Waals surface area contributed by atoms with Crippen LogP contribution >= 0.6 is 0 Å². The molecule has 0 spiro atoms. The smallest absolute Gasteiger partial charge is 0.290 e. The van der Waals surface area contributed by atoms with Gasteiger partial charge < -0.3 is 19.3 Å². The molecule has 0 aliphatic carbocycles. The largest absolute Gasteiger partial charge is 0.486 e. The number of carbonyl (C=O) groups is 1. The lowest BCUT2D eigenvalue weighted by Gasteiger charge is -2.22. The Kier molecular flexibility index (Phi) is 5.02. The van der Waals surface area contributed by atoms with E-state index in [9.17, 15) is 4.79 Å². The van der Waals surface area contributed by atoms with Crippen LogP contribution in [0.3, 0.4) is 0 Å². The lowest BCUT2D eigenvalue weighted by molar-refractivity contribution is 0.0898. The molecule has 3 aromatic rings. The normalized spacial score (nSPS) is 13.8. The van der Waals surface area contributed by atoms with E-state index in [1.54, 1.807) is 6.07 Å². The highest BCUT2D eigenvalue weighted by atomic mass is 16.6. The third kappa shape index (κ3) is 3.71. The number of nitrogens with zero attached hydrogens (tertiary/aromatic N) is 1. The van der Waals surface area contributed by atoms with Crippen LogP contribution in [0.1, 0.15) is 41.1 Å². The molecule has 0 saturated heterocycles. The fraction of sp³-hybridized carbons (Fsp3) is 0.273. The molecule has 1 aliphatic heterocycles. The zero-order valence-corrected chi connectivity index (χ0v) is 15.9. The predicted octanol–water partition coefficient (Wildman–Crippen LogP) is 4.30. The number of ether oxygens (including phenoxy) is 2. The van der Waals surface area contributed by atoms with E-state index in [4.69, 9.17) is 14.0 Å². The van der Waals surface area contributed by atoms with Crippen LogP contribution in [0.15, 0.2) is 53.1 Å². The van der Waals surface area contributed by atoms with Gasteiger partial charge in [-0.2, -0.15) is 0 Å². The van der Waals surface area contributed by atoms with Crippen molar-refractivity contribution in [3.05, 3.63) is 65.4 Å². The fourth-order valence-electron chi connectivity index (χ4n) is 3.17. The van der Waals surface area contributed by atoms with Gasteiger partial charge in [0.1, 0.15) is 18.9 Å². The van der Waals surface area contributed by atoms with E-state index in [1.807, 2.05) is 56.3 Å². The third-order valence-corrected chi connectivity index (χ3v) is 4.76. The van der Waals surface area contributed by atoms with Crippen molar-refractivity contribution in [1.29, 1.82) is 0 Å². The van der Waals surface area contributed by atoms with Crippen LogP contribution in [0, 0.1) is 6.92 Å². The van der Waals surface area contributed by atoms with Crippen LogP contribution in [0.5, 0.6) is 11.5 Å². The molecular formula is C22H22N2O4. The molecule has 2 heterocycles. The first-order chi connectivity index (χ1) is 13.6. The molecule has 2 aromatic carbocycles. The summed E-state index contributed by atoms with van der Waals surface area (Å²) in [6.45, 7) is 5.11. The number of fused-ring (bicyclic) bond motifs is 1. The Morgan fingerprint density at radius 1 is 1.07 bits per heavy atom. The van der Waals surface area contributed by atoms with E-state index in [2.05, 4.69) is 10.5 Å². The first-order valence-electron chi connectivity index (χ1n) is 9.38. The third-order valence-electron chi connectivity index (χ3n) is 4.76. The van der Waals surface area contributed by atoms with E-state index >= 15 is 0 Å². The summed E-state index contributed by atoms with van der Waals surface area (Å²) < 4.78 is 16.5. The molecule has 4 rings (SSSR count). The Morgan fingerprint density at radius 2 is 1.82 bits per heavy atom. The number of benzene rings is 2. The number of nitrogens with one attached hydrogen (secondary N) is 1. The highest BCUT2D eigenvalue weighted by Crippen LogP contribution is 2.33. The van der Waals surface area contributed by atoms with E-state index < -0.39 is 0 Å². The summed E-state index contributed by atoms with van der Waals surface area (Å²) in [5, 5.41) is 7.04. The molecule has 144 valence electrons. The monoisotopic (exact) mass is 378 g/mol. The highest BCUT2D eigenvalue weighted by Gasteiger charge is 2.21. The van der Waals surface area contributed by atoms with Crippen molar-refractivity contribution >= 4 is 5.91 Å². The molecule has 0 radical (unpaired) electrons. The minimum Gasteiger partial charge on any atom is -0.486 e. The predicted molar refractivity (Wildman–Crippen MR) is 105 cm³/mol. The quantitative estimate of drug-likeness (QED) is 0.716. The van der Waals surface area contributed by atoms with E-state index in [1.165, 1.54) is 0 Å². The zero-order chi connectivity index (χ0) is 19.5. The molecule has 6 heteroatoms. The average Bonchev–Trinajstić information content (AvgIpc) is 3.22. The lowest BCUT2D eigenvalue weighted by Crippen LogP contribution is -2.28. The molecule has 0 fully saturated rings. The topological polar surface area (TPSA) is 73.6 Å². The summed E-state index contributed by atoms with van der Waals surface area (Å²) in [4.78, 5) is 12.7. The number of hydrogen-bond donors (Lipinski definition) is 1. The number of rotatable bonds is 5. The molecule has 1 aliphatic rings. The Balaban J connectivity index is 1.50. The Bertz CT molecular complexity index is 978. The summed E-state index contributed by atoms with van der Waals surface area (Å²) in [6, 6.07) is 15.1. The summed E-state index contributed by atoms with van der Waals surface area (Å²) in [5.41, 5.74) is 3.67. The molecule has 1 N–H and O–H groups in total. The molecule has 0 bridgehead atoms. The fourth-order valence-corrected chi connectivity index (χ4v) is 3.17. The Labute approximate surface area is 163 Å². The Hall–Kier alpha value is -3.28. The highest BCUT2D eigenvalue weighted by molar-refractivity contribution is 5.92. The second-order valence-corrected chi connectivity index (χ2v) is 6.78. The standard InChI is InChI=1S/C22H22N2O4/c1-3-17(16-8-9-19-20(12-16)27-11-10-26-19)23-22(25)21-13-18(24-28-21)15-6-4-14(2)5-7-15/h4-9,12-13,17H,3,10-11H2,1-2H3,(H,23,25). The Morgan fingerprint density at radius 3 is 2.57 bits per heavy atom. The SMILES string of the molecule is CCC(NC(=O)c1cc(-c2ccc(C)cc2)no1)c1ccc2c(c1)OCCO2. The molecule has 1 amide bonds. The maximum atomic E-state index is 12.7. The first-order valence-corrected chi connectivity index (χ1v) is 9.38. The van der Waals surface area contributed by atoms with Gasteiger partial charge in [0.05, 0.1) is 6.04 Å². The minimum absolute atomic E-state index is 0.170. The van der Waals surface area contributed by atoms with E-state index in [0.29, 0.717) is 24.7 Å². The van der Waals surface area contributed by atoms with Crippen molar-refractivity contribution in [2.45, 2.75) is 26.3 Å². The van der Waals surface area contributed by atoms with Gasteiger partial charge in [0.2, 0.25) is 5.76 Å². The van der Waals surface area contributed by atoms with Gasteiger partial charge in [-0.15, -0.1) is 0 Å². The van der Waals surface area contributed by atoms with Gasteiger partial charge >= 0.3 is 0 Å². The average molecular weight is 378 g/mol. The molecule has 28 heavy (non-hydrogen) atoms. The van der Waals surface area contributed by atoms with Gasteiger partial charge in [-0.05, 0) is 31.0 Å². The van der Waals surface area contributed by atoms with Crippen LogP contribution in [0.4, 0.5) is 0 Å². The van der Waals surface area contributed by atoms with Gasteiger partial charge in [0.15, 0.2) is 11.5 Å². The summed E-state index contributed by atoms with van der Waals surface area (Å²) in [5.74, 6) is 1.33. The molecule has 1 atom stereocenters. The van der Waals surface area contributed by atoms with E-state index in [-0.39, 0.29) is 17.7 Å². The van der Waals surface area contributed by atoms with Crippen LogP contribution in [-0.4, -0.2) is 24.3 Å². The molecule has 0 saturated carbocycles. The van der Waals surface area contributed by atoms with Crippen LogP contribution in [0.2, 0.25) is 0 Å².